The molecule has 4 rings (SSSR count). The Hall–Kier alpha value is -2.26. The van der Waals surface area contributed by atoms with Crippen molar-refractivity contribution < 1.29 is 13.2 Å². The SMILES string of the molecule is CCc1cnc(N2CCC(CCCOc3ccc4c(n3)CCN(S(C)(=O)=O)C4)CC2)nc1. The van der Waals surface area contributed by atoms with Crippen LogP contribution in [0.2, 0.25) is 0 Å². The molecule has 0 atom stereocenters. The fourth-order valence-electron chi connectivity index (χ4n) is 4.40. The van der Waals surface area contributed by atoms with Gasteiger partial charge in [0.15, 0.2) is 0 Å². The van der Waals surface area contributed by atoms with Gasteiger partial charge in [0.2, 0.25) is 21.9 Å². The molecule has 0 radical (unpaired) electrons. The smallest absolute Gasteiger partial charge is 0.225 e. The van der Waals surface area contributed by atoms with Crippen LogP contribution < -0.4 is 9.64 Å². The van der Waals surface area contributed by atoms with Gasteiger partial charge < -0.3 is 9.64 Å². The second-order valence-corrected chi connectivity index (χ2v) is 10.8. The zero-order valence-electron chi connectivity index (χ0n) is 19.0. The second-order valence-electron chi connectivity index (χ2n) is 8.77. The molecule has 2 aromatic rings. The number of hydrogen-bond acceptors (Lipinski definition) is 7. The van der Waals surface area contributed by atoms with Gasteiger partial charge in [-0.15, -0.1) is 0 Å². The lowest BCUT2D eigenvalue weighted by Gasteiger charge is -2.32. The fourth-order valence-corrected chi connectivity index (χ4v) is 5.19. The third-order valence-corrected chi connectivity index (χ3v) is 7.71. The van der Waals surface area contributed by atoms with Crippen LogP contribution in [0.1, 0.15) is 49.4 Å². The Bertz CT molecular complexity index is 1000. The fraction of sp³-hybridized carbons (Fsp3) is 0.609. The van der Waals surface area contributed by atoms with Gasteiger partial charge in [0, 0.05) is 51.1 Å². The predicted octanol–water partition coefficient (Wildman–Crippen LogP) is 2.83. The van der Waals surface area contributed by atoms with Crippen molar-refractivity contribution in [2.24, 2.45) is 5.92 Å². The standard InChI is InChI=1S/C23H33N5O3S/c1-3-18-15-24-23(25-16-18)27-11-8-19(9-12-27)5-4-14-31-22-7-6-20-17-28(32(2,29)30)13-10-21(20)26-22/h6-7,15-16,19H,3-5,8-14,17H2,1-2H3. The minimum Gasteiger partial charge on any atom is -0.478 e. The van der Waals surface area contributed by atoms with Crippen molar-refractivity contribution >= 4 is 16.0 Å². The summed E-state index contributed by atoms with van der Waals surface area (Å²) in [6.07, 6.45) is 11.2. The number of aryl methyl sites for hydroxylation is 1. The van der Waals surface area contributed by atoms with Gasteiger partial charge in [-0.25, -0.2) is 23.4 Å². The number of anilines is 1. The molecule has 0 amide bonds. The van der Waals surface area contributed by atoms with Gasteiger partial charge in [-0.3, -0.25) is 0 Å². The topological polar surface area (TPSA) is 88.5 Å². The first kappa shape index (κ1) is 22.9. The highest BCUT2D eigenvalue weighted by atomic mass is 32.2. The average molecular weight is 460 g/mol. The molecule has 0 aromatic carbocycles. The third-order valence-electron chi connectivity index (χ3n) is 6.46. The quantitative estimate of drug-likeness (QED) is 0.561. The molecular formula is C23H33N5O3S. The molecular weight excluding hydrogens is 426 g/mol. The van der Waals surface area contributed by atoms with Crippen LogP contribution in [0.25, 0.3) is 0 Å². The molecule has 0 unspecified atom stereocenters. The molecule has 8 nitrogen and oxygen atoms in total. The van der Waals surface area contributed by atoms with E-state index in [9.17, 15) is 8.42 Å². The highest BCUT2D eigenvalue weighted by Crippen LogP contribution is 2.25. The third kappa shape index (κ3) is 5.75. The Kier molecular flexibility index (Phi) is 7.25. The van der Waals surface area contributed by atoms with Crippen LogP contribution in [0.4, 0.5) is 5.95 Å². The molecule has 0 saturated carbocycles. The number of rotatable bonds is 8. The van der Waals surface area contributed by atoms with E-state index < -0.39 is 10.0 Å². The molecule has 1 fully saturated rings. The first-order valence-corrected chi connectivity index (χ1v) is 13.4. The zero-order chi connectivity index (χ0) is 22.6. The second kappa shape index (κ2) is 10.1. The summed E-state index contributed by atoms with van der Waals surface area (Å²) in [4.78, 5) is 15.9. The van der Waals surface area contributed by atoms with E-state index in [0.29, 0.717) is 37.9 Å². The summed E-state index contributed by atoms with van der Waals surface area (Å²) < 4.78 is 30.9. The summed E-state index contributed by atoms with van der Waals surface area (Å²) in [6, 6.07) is 3.80. The number of ether oxygens (including phenoxy) is 1. The van der Waals surface area contributed by atoms with Crippen LogP contribution in [-0.2, 0) is 29.4 Å². The van der Waals surface area contributed by atoms with E-state index in [-0.39, 0.29) is 0 Å². The summed E-state index contributed by atoms with van der Waals surface area (Å²) >= 11 is 0. The van der Waals surface area contributed by atoms with Crippen molar-refractivity contribution in [3.8, 4) is 5.88 Å². The van der Waals surface area contributed by atoms with Crippen molar-refractivity contribution in [1.82, 2.24) is 19.3 Å². The maximum Gasteiger partial charge on any atom is 0.225 e. The minimum atomic E-state index is -3.17. The zero-order valence-corrected chi connectivity index (χ0v) is 19.9. The van der Waals surface area contributed by atoms with E-state index in [0.717, 1.165) is 62.4 Å². The van der Waals surface area contributed by atoms with Crippen molar-refractivity contribution in [3.63, 3.8) is 0 Å². The van der Waals surface area contributed by atoms with Gasteiger partial charge in [0.05, 0.1) is 18.6 Å². The van der Waals surface area contributed by atoms with E-state index in [4.69, 9.17) is 4.74 Å². The Morgan fingerprint density at radius 3 is 2.56 bits per heavy atom. The Morgan fingerprint density at radius 1 is 1.12 bits per heavy atom. The largest absolute Gasteiger partial charge is 0.478 e. The van der Waals surface area contributed by atoms with Crippen LogP contribution in [0.5, 0.6) is 5.88 Å². The molecule has 0 spiro atoms. The predicted molar refractivity (Wildman–Crippen MR) is 124 cm³/mol. The lowest BCUT2D eigenvalue weighted by Crippen LogP contribution is -2.35. The summed E-state index contributed by atoms with van der Waals surface area (Å²) in [7, 11) is -3.17. The Balaban J connectivity index is 1.18. The minimum absolute atomic E-state index is 0.397. The number of aromatic nitrogens is 3. The van der Waals surface area contributed by atoms with Crippen molar-refractivity contribution in [3.05, 3.63) is 41.3 Å². The lowest BCUT2D eigenvalue weighted by atomic mass is 9.92. The van der Waals surface area contributed by atoms with Gasteiger partial charge >= 0.3 is 0 Å². The van der Waals surface area contributed by atoms with E-state index in [1.165, 1.54) is 16.1 Å². The molecule has 2 aromatic heterocycles. The van der Waals surface area contributed by atoms with E-state index >= 15 is 0 Å². The van der Waals surface area contributed by atoms with Gasteiger partial charge in [0.1, 0.15) is 0 Å². The highest BCUT2D eigenvalue weighted by molar-refractivity contribution is 7.88. The maximum absolute atomic E-state index is 11.8. The number of hydrogen-bond donors (Lipinski definition) is 0. The van der Waals surface area contributed by atoms with Gasteiger partial charge in [-0.1, -0.05) is 13.0 Å². The van der Waals surface area contributed by atoms with Gasteiger partial charge in [-0.05, 0) is 49.1 Å². The molecule has 174 valence electrons. The van der Waals surface area contributed by atoms with Crippen molar-refractivity contribution in [2.45, 2.75) is 52.0 Å². The maximum atomic E-state index is 11.8. The molecule has 2 aliphatic rings. The monoisotopic (exact) mass is 459 g/mol. The molecule has 0 N–H and O–H groups in total. The number of piperidine rings is 1. The lowest BCUT2D eigenvalue weighted by molar-refractivity contribution is 0.269. The van der Waals surface area contributed by atoms with Gasteiger partial charge in [0.25, 0.3) is 0 Å². The van der Waals surface area contributed by atoms with Crippen LogP contribution >= 0.6 is 0 Å². The normalized spacial score (nSPS) is 17.9. The summed E-state index contributed by atoms with van der Waals surface area (Å²) in [5.41, 5.74) is 3.09. The van der Waals surface area contributed by atoms with E-state index in [2.05, 4.69) is 26.8 Å². The summed E-state index contributed by atoms with van der Waals surface area (Å²) in [5, 5.41) is 0. The van der Waals surface area contributed by atoms with Gasteiger partial charge in [-0.2, -0.15) is 4.31 Å². The van der Waals surface area contributed by atoms with Crippen molar-refractivity contribution in [2.75, 3.05) is 37.4 Å². The Labute approximate surface area is 191 Å². The molecule has 0 aliphatic carbocycles. The Morgan fingerprint density at radius 2 is 1.88 bits per heavy atom. The number of pyridine rings is 1. The summed E-state index contributed by atoms with van der Waals surface area (Å²) in [5.74, 6) is 2.20. The first-order valence-electron chi connectivity index (χ1n) is 11.5. The molecule has 2 aliphatic heterocycles. The highest BCUT2D eigenvalue weighted by Gasteiger charge is 2.24. The average Bonchev–Trinajstić information content (AvgIpc) is 2.81. The van der Waals surface area contributed by atoms with Crippen LogP contribution in [0, 0.1) is 5.92 Å². The van der Waals surface area contributed by atoms with Crippen LogP contribution in [0.15, 0.2) is 24.5 Å². The van der Waals surface area contributed by atoms with E-state index in [1.807, 2.05) is 24.5 Å². The molecule has 32 heavy (non-hydrogen) atoms. The van der Waals surface area contributed by atoms with Crippen LogP contribution in [0.3, 0.4) is 0 Å². The number of nitrogens with zero attached hydrogens (tertiary/aromatic N) is 5. The first-order chi connectivity index (χ1) is 15.4. The molecule has 9 heteroatoms. The number of sulfonamides is 1. The molecule has 0 bridgehead atoms. The molecule has 1 saturated heterocycles. The summed E-state index contributed by atoms with van der Waals surface area (Å²) in [6.45, 7) is 5.66. The van der Waals surface area contributed by atoms with Crippen molar-refractivity contribution in [1.29, 1.82) is 0 Å². The van der Waals surface area contributed by atoms with Crippen LogP contribution in [-0.4, -0.2) is 60.2 Å². The number of fused-ring (bicyclic) bond motifs is 1. The molecule has 4 heterocycles. The van der Waals surface area contributed by atoms with E-state index in [1.54, 1.807) is 0 Å².